The molecule has 1 atom stereocenters. The van der Waals surface area contributed by atoms with E-state index in [1.165, 1.54) is 11.2 Å². The fourth-order valence-electron chi connectivity index (χ4n) is 5.27. The van der Waals surface area contributed by atoms with Crippen LogP contribution in [0, 0.1) is 0 Å². The number of oxazole rings is 1. The van der Waals surface area contributed by atoms with E-state index < -0.39 is 14.4 Å². The Hall–Kier alpha value is -3.38. The van der Waals surface area contributed by atoms with E-state index in [2.05, 4.69) is 60.2 Å². The van der Waals surface area contributed by atoms with E-state index in [-0.39, 0.29) is 28.7 Å². The van der Waals surface area contributed by atoms with E-state index in [4.69, 9.17) is 8.84 Å². The molecule has 0 spiro atoms. The second-order valence-corrected chi connectivity index (χ2v) is 17.3. The highest BCUT2D eigenvalue weighted by Crippen LogP contribution is 2.40. The fourth-order valence-corrected chi connectivity index (χ4v) is 6.65. The molecule has 2 aromatic heterocycles. The Bertz CT molecular complexity index is 1400. The van der Waals surface area contributed by atoms with Crippen molar-refractivity contribution in [3.8, 4) is 0 Å². The number of rotatable bonds is 6. The van der Waals surface area contributed by atoms with Crippen LogP contribution in [-0.4, -0.2) is 77.4 Å². The molecule has 4 heterocycles. The lowest BCUT2D eigenvalue weighted by atomic mass is 9.97. The highest BCUT2D eigenvalue weighted by molar-refractivity contribution is 6.74. The molecule has 0 radical (unpaired) electrons. The van der Waals surface area contributed by atoms with E-state index >= 15 is 0 Å². The summed E-state index contributed by atoms with van der Waals surface area (Å²) in [6, 6.07) is 4.04. The summed E-state index contributed by atoms with van der Waals surface area (Å²) in [5.41, 5.74) is 2.74. The number of nitrogens with zero attached hydrogens (tertiary/aromatic N) is 5. The first-order valence-corrected chi connectivity index (χ1v) is 16.9. The zero-order chi connectivity index (χ0) is 28.8. The van der Waals surface area contributed by atoms with E-state index in [1.807, 2.05) is 19.3 Å². The molecule has 12 heteroatoms. The van der Waals surface area contributed by atoms with Gasteiger partial charge in [0.15, 0.2) is 19.9 Å². The van der Waals surface area contributed by atoms with Gasteiger partial charge in [-0.1, -0.05) is 20.8 Å². The third kappa shape index (κ3) is 5.60. The molecule has 11 nitrogen and oxygen atoms in total. The number of carboxylic acid groups (broad SMARTS) is 1. The van der Waals surface area contributed by atoms with Crippen LogP contribution in [0.1, 0.15) is 62.3 Å². The van der Waals surface area contributed by atoms with Crippen LogP contribution in [0.25, 0.3) is 10.9 Å². The topological polar surface area (TPSA) is 126 Å². The third-order valence-electron chi connectivity index (χ3n) is 8.73. The first-order valence-electron chi connectivity index (χ1n) is 14.0. The highest BCUT2D eigenvalue weighted by atomic mass is 28.4. The number of hydrogen-bond acceptors (Lipinski definition) is 7. The van der Waals surface area contributed by atoms with Crippen molar-refractivity contribution >= 4 is 42.6 Å². The molecule has 1 unspecified atom stereocenters. The minimum atomic E-state index is -1.91. The molecule has 2 N–H and O–H groups in total. The maximum absolute atomic E-state index is 13.4. The lowest BCUT2D eigenvalue weighted by molar-refractivity contribution is 0.102. The molecule has 0 aliphatic carbocycles. The van der Waals surface area contributed by atoms with Gasteiger partial charge in [-0.05, 0) is 49.5 Å². The monoisotopic (exact) mass is 568 g/mol. The summed E-state index contributed by atoms with van der Waals surface area (Å²) in [6.07, 6.45) is 4.60. The molecule has 2 fully saturated rings. The molecule has 0 bridgehead atoms. The molecular weight excluding hydrogens is 528 g/mol. The molecular formula is C28H40N6O5Si. The standard InChI is InChI=1S/C28H40N6O5Si/c1-28(2,3)40(5,6)39-20-9-12-34(16-20)24-13-19-15-29-32(4)23(19)14-21(24)30-25(35)22-17-38-26(31-22)18-7-10-33(11-8-18)27(36)37/h13-15,17-18,20H,7-12,16H2,1-6H3,(H,30,35)(H,36,37). The van der Waals surface area contributed by atoms with Gasteiger partial charge in [-0.3, -0.25) is 9.48 Å². The number of aromatic nitrogens is 3. The van der Waals surface area contributed by atoms with Crippen molar-refractivity contribution in [3.05, 3.63) is 36.2 Å². The van der Waals surface area contributed by atoms with Crippen LogP contribution in [0.5, 0.6) is 0 Å². The molecule has 2 aliphatic rings. The van der Waals surface area contributed by atoms with Crippen molar-refractivity contribution in [3.63, 3.8) is 0 Å². The van der Waals surface area contributed by atoms with E-state index in [1.54, 1.807) is 4.68 Å². The van der Waals surface area contributed by atoms with Crippen LogP contribution in [0.15, 0.2) is 29.0 Å². The Morgan fingerprint density at radius 2 is 1.88 bits per heavy atom. The van der Waals surface area contributed by atoms with Crippen molar-refractivity contribution in [2.75, 3.05) is 36.4 Å². The summed E-state index contributed by atoms with van der Waals surface area (Å²) in [5.74, 6) is 0.109. The summed E-state index contributed by atoms with van der Waals surface area (Å²) < 4.78 is 14.2. The predicted octanol–water partition coefficient (Wildman–Crippen LogP) is 5.27. The second-order valence-electron chi connectivity index (χ2n) is 12.5. The lowest BCUT2D eigenvalue weighted by Gasteiger charge is -2.38. The van der Waals surface area contributed by atoms with Crippen molar-refractivity contribution in [2.24, 2.45) is 7.05 Å². The number of carbonyl (C=O) groups excluding carboxylic acids is 1. The third-order valence-corrected chi connectivity index (χ3v) is 13.3. The van der Waals surface area contributed by atoms with Crippen molar-refractivity contribution in [2.45, 2.75) is 70.2 Å². The molecule has 216 valence electrons. The first kappa shape index (κ1) is 28.2. The number of likely N-dealkylation sites (tertiary alicyclic amines) is 1. The Balaban J connectivity index is 1.34. The summed E-state index contributed by atoms with van der Waals surface area (Å²) in [4.78, 5) is 32.7. The lowest BCUT2D eigenvalue weighted by Crippen LogP contribution is -2.44. The SMILES string of the molecule is Cn1ncc2cc(N3CCC(O[Si](C)(C)C(C)(C)C)C3)c(NC(=O)c3coc(C4CCN(C(=O)O)CC4)n3)cc21. The van der Waals surface area contributed by atoms with Crippen molar-refractivity contribution < 1.29 is 23.5 Å². The molecule has 0 saturated carbocycles. The summed E-state index contributed by atoms with van der Waals surface area (Å²) in [7, 11) is -0.0255. The fraction of sp³-hybridized carbons (Fsp3) is 0.571. The van der Waals surface area contributed by atoms with E-state index in [9.17, 15) is 14.7 Å². The molecule has 1 aromatic carbocycles. The van der Waals surface area contributed by atoms with Gasteiger partial charge in [-0.2, -0.15) is 5.10 Å². The zero-order valence-electron chi connectivity index (χ0n) is 24.2. The predicted molar refractivity (Wildman–Crippen MR) is 156 cm³/mol. The van der Waals surface area contributed by atoms with Gasteiger partial charge in [0, 0.05) is 44.5 Å². The number of benzene rings is 1. The zero-order valence-corrected chi connectivity index (χ0v) is 25.2. The minimum Gasteiger partial charge on any atom is -0.465 e. The Kier molecular flexibility index (Phi) is 7.42. The number of piperidine rings is 1. The van der Waals surface area contributed by atoms with Crippen LogP contribution in [0.2, 0.25) is 18.1 Å². The maximum atomic E-state index is 13.4. The second kappa shape index (κ2) is 10.5. The Morgan fingerprint density at radius 3 is 2.55 bits per heavy atom. The molecule has 5 rings (SSSR count). The van der Waals surface area contributed by atoms with Crippen molar-refractivity contribution in [1.82, 2.24) is 19.7 Å². The quantitative estimate of drug-likeness (QED) is 0.385. The molecule has 2 amide bonds. The van der Waals surface area contributed by atoms with Crippen LogP contribution in [0.3, 0.4) is 0 Å². The Morgan fingerprint density at radius 1 is 1.15 bits per heavy atom. The van der Waals surface area contributed by atoms with Gasteiger partial charge in [0.05, 0.1) is 29.2 Å². The van der Waals surface area contributed by atoms with Crippen molar-refractivity contribution in [1.29, 1.82) is 0 Å². The summed E-state index contributed by atoms with van der Waals surface area (Å²) in [6.45, 7) is 13.8. The van der Waals surface area contributed by atoms with E-state index in [0.29, 0.717) is 37.5 Å². The number of aryl methyl sites for hydroxylation is 1. The van der Waals surface area contributed by atoms with Gasteiger partial charge in [0.2, 0.25) is 0 Å². The number of carbonyl (C=O) groups is 2. The molecule has 2 aliphatic heterocycles. The van der Waals surface area contributed by atoms with E-state index in [0.717, 1.165) is 36.1 Å². The number of nitrogens with one attached hydrogen (secondary N) is 1. The average Bonchev–Trinajstić information content (AvgIpc) is 3.64. The highest BCUT2D eigenvalue weighted by Gasteiger charge is 2.41. The molecule has 40 heavy (non-hydrogen) atoms. The van der Waals surface area contributed by atoms with Gasteiger partial charge in [-0.15, -0.1) is 0 Å². The minimum absolute atomic E-state index is 0.0130. The van der Waals surface area contributed by atoms with Gasteiger partial charge in [0.25, 0.3) is 5.91 Å². The van der Waals surface area contributed by atoms with Crippen LogP contribution in [-0.2, 0) is 11.5 Å². The summed E-state index contributed by atoms with van der Waals surface area (Å²) >= 11 is 0. The van der Waals surface area contributed by atoms with Gasteiger partial charge in [0.1, 0.15) is 6.26 Å². The Labute approximate surface area is 235 Å². The average molecular weight is 569 g/mol. The van der Waals surface area contributed by atoms with Crippen LogP contribution in [0.4, 0.5) is 16.2 Å². The maximum Gasteiger partial charge on any atom is 0.407 e. The normalized spacial score (nSPS) is 19.0. The first-order chi connectivity index (χ1) is 18.8. The smallest absolute Gasteiger partial charge is 0.407 e. The molecule has 2 saturated heterocycles. The van der Waals surface area contributed by atoms with Gasteiger partial charge in [-0.25, -0.2) is 9.78 Å². The number of anilines is 2. The van der Waals surface area contributed by atoms with Crippen LogP contribution >= 0.6 is 0 Å². The molecule has 3 aromatic rings. The van der Waals surface area contributed by atoms with Gasteiger partial charge >= 0.3 is 6.09 Å². The number of amides is 2. The number of hydrogen-bond donors (Lipinski definition) is 2. The number of fused-ring (bicyclic) bond motifs is 1. The van der Waals surface area contributed by atoms with Gasteiger partial charge < -0.3 is 29.1 Å². The largest absolute Gasteiger partial charge is 0.465 e. The summed E-state index contributed by atoms with van der Waals surface area (Å²) in [5, 5.41) is 17.8. The van der Waals surface area contributed by atoms with Crippen LogP contribution < -0.4 is 10.2 Å².